The first-order valence-corrected chi connectivity index (χ1v) is 3.64. The van der Waals surface area contributed by atoms with Gasteiger partial charge < -0.3 is 4.90 Å². The van der Waals surface area contributed by atoms with Gasteiger partial charge in [0.05, 0.1) is 7.05 Å². The molecule has 1 aliphatic rings. The summed E-state index contributed by atoms with van der Waals surface area (Å²) in [5.74, 6) is 0.258. The van der Waals surface area contributed by atoms with E-state index in [1.54, 1.807) is 6.08 Å². The smallest absolute Gasteiger partial charge is 0.209 e. The number of carbonyl (C=O) groups is 1. The summed E-state index contributed by atoms with van der Waals surface area (Å²) in [4.78, 5) is 12.2. The summed E-state index contributed by atoms with van der Waals surface area (Å²) >= 11 is 0. The van der Waals surface area contributed by atoms with Crippen molar-refractivity contribution in [1.82, 2.24) is 0 Å². The molecule has 2 heteroatoms. The van der Waals surface area contributed by atoms with E-state index in [0.717, 1.165) is 0 Å². The first-order valence-electron chi connectivity index (χ1n) is 3.64. The summed E-state index contributed by atoms with van der Waals surface area (Å²) in [5.41, 5.74) is 1.20. The monoisotopic (exact) mass is 140 g/mol. The van der Waals surface area contributed by atoms with E-state index in [9.17, 15) is 4.79 Å². The number of nitrogens with one attached hydrogen (secondary N) is 1. The molecular formula is C8H14NO+. The molecule has 0 bridgehead atoms. The average Bonchev–Trinajstić information content (AvgIpc) is 1.82. The van der Waals surface area contributed by atoms with Crippen LogP contribution in [0.15, 0.2) is 11.6 Å². The fourth-order valence-electron chi connectivity index (χ4n) is 1.25. The standard InChI is InChI=1S/C8H13NO/c1-6-4-8(10)5-9(3)7(6)2/h4,7H,5H2,1-3H3/p+1. The Morgan fingerprint density at radius 3 is 2.80 bits per heavy atom. The molecule has 2 atom stereocenters. The van der Waals surface area contributed by atoms with Gasteiger partial charge in [-0.2, -0.15) is 0 Å². The van der Waals surface area contributed by atoms with E-state index in [1.807, 2.05) is 6.92 Å². The predicted octanol–water partition coefficient (Wildman–Crippen LogP) is -0.581. The molecule has 2 nitrogen and oxygen atoms in total. The van der Waals surface area contributed by atoms with Gasteiger partial charge in [0, 0.05) is 0 Å². The van der Waals surface area contributed by atoms with E-state index in [-0.39, 0.29) is 5.78 Å². The topological polar surface area (TPSA) is 21.5 Å². The van der Waals surface area contributed by atoms with Crippen LogP contribution in [-0.2, 0) is 4.79 Å². The summed E-state index contributed by atoms with van der Waals surface area (Å²) in [5, 5.41) is 0. The Morgan fingerprint density at radius 2 is 2.30 bits per heavy atom. The quantitative estimate of drug-likeness (QED) is 0.477. The Kier molecular flexibility index (Phi) is 1.90. The van der Waals surface area contributed by atoms with Crippen LogP contribution in [0.25, 0.3) is 0 Å². The van der Waals surface area contributed by atoms with Crippen molar-refractivity contribution in [1.29, 1.82) is 0 Å². The van der Waals surface area contributed by atoms with Crippen molar-refractivity contribution in [2.45, 2.75) is 19.9 Å². The Morgan fingerprint density at radius 1 is 1.70 bits per heavy atom. The van der Waals surface area contributed by atoms with Crippen molar-refractivity contribution in [3.05, 3.63) is 11.6 Å². The van der Waals surface area contributed by atoms with Gasteiger partial charge in [-0.05, 0) is 25.5 Å². The predicted molar refractivity (Wildman–Crippen MR) is 40.0 cm³/mol. The van der Waals surface area contributed by atoms with Crippen molar-refractivity contribution in [3.63, 3.8) is 0 Å². The number of hydrogen-bond donors (Lipinski definition) is 1. The Hall–Kier alpha value is -0.630. The molecule has 0 saturated heterocycles. The molecule has 1 rings (SSSR count). The fourth-order valence-corrected chi connectivity index (χ4v) is 1.25. The van der Waals surface area contributed by atoms with E-state index in [1.165, 1.54) is 10.5 Å². The van der Waals surface area contributed by atoms with Crippen molar-refractivity contribution in [2.24, 2.45) is 0 Å². The zero-order valence-electron chi connectivity index (χ0n) is 6.77. The van der Waals surface area contributed by atoms with Crippen LogP contribution >= 0.6 is 0 Å². The first-order chi connectivity index (χ1) is 4.61. The SMILES string of the molecule is CC1=CC(=O)C[NH+](C)C1C. The van der Waals surface area contributed by atoms with Gasteiger partial charge in [0.1, 0.15) is 12.6 Å². The van der Waals surface area contributed by atoms with Gasteiger partial charge in [-0.15, -0.1) is 0 Å². The van der Waals surface area contributed by atoms with Gasteiger partial charge in [0.2, 0.25) is 5.78 Å². The first kappa shape index (κ1) is 7.48. The molecule has 0 saturated carbocycles. The number of hydrogen-bond acceptors (Lipinski definition) is 1. The number of ketones is 1. The van der Waals surface area contributed by atoms with Gasteiger partial charge in [-0.25, -0.2) is 0 Å². The maximum atomic E-state index is 10.9. The number of quaternary nitrogens is 1. The highest BCUT2D eigenvalue weighted by molar-refractivity contribution is 5.91. The summed E-state index contributed by atoms with van der Waals surface area (Å²) in [6.45, 7) is 4.82. The Bertz CT molecular complexity index is 184. The minimum absolute atomic E-state index is 0.258. The zero-order valence-corrected chi connectivity index (χ0v) is 6.77. The molecule has 0 aromatic rings. The van der Waals surface area contributed by atoms with Gasteiger partial charge in [-0.3, -0.25) is 4.79 Å². The number of carbonyl (C=O) groups excluding carboxylic acids is 1. The van der Waals surface area contributed by atoms with Gasteiger partial charge in [0.15, 0.2) is 0 Å². The van der Waals surface area contributed by atoms with Gasteiger partial charge >= 0.3 is 0 Å². The van der Waals surface area contributed by atoms with Crippen LogP contribution in [0.3, 0.4) is 0 Å². The Balaban J connectivity index is 2.80. The van der Waals surface area contributed by atoms with E-state index in [0.29, 0.717) is 12.6 Å². The lowest BCUT2D eigenvalue weighted by Crippen LogP contribution is -3.14. The third-order valence-corrected chi connectivity index (χ3v) is 2.26. The second-order valence-corrected chi connectivity index (χ2v) is 3.10. The molecule has 10 heavy (non-hydrogen) atoms. The van der Waals surface area contributed by atoms with E-state index >= 15 is 0 Å². The molecule has 1 heterocycles. The van der Waals surface area contributed by atoms with Crippen LogP contribution in [0.2, 0.25) is 0 Å². The lowest BCUT2D eigenvalue weighted by molar-refractivity contribution is -0.890. The van der Waals surface area contributed by atoms with Crippen LogP contribution in [0, 0.1) is 0 Å². The largest absolute Gasteiger partial charge is 0.325 e. The maximum Gasteiger partial charge on any atom is 0.209 e. The lowest BCUT2D eigenvalue weighted by Gasteiger charge is -2.24. The van der Waals surface area contributed by atoms with Crippen LogP contribution in [0.1, 0.15) is 13.8 Å². The minimum Gasteiger partial charge on any atom is -0.325 e. The highest BCUT2D eigenvalue weighted by atomic mass is 16.1. The minimum atomic E-state index is 0.258. The highest BCUT2D eigenvalue weighted by Crippen LogP contribution is 1.99. The second-order valence-electron chi connectivity index (χ2n) is 3.10. The summed E-state index contributed by atoms with van der Waals surface area (Å²) < 4.78 is 0. The molecule has 0 amide bonds. The van der Waals surface area contributed by atoms with Crippen molar-refractivity contribution in [2.75, 3.05) is 13.6 Å². The number of rotatable bonds is 0. The molecule has 56 valence electrons. The Labute approximate surface area is 61.5 Å². The summed E-state index contributed by atoms with van der Waals surface area (Å²) in [6.07, 6.45) is 1.76. The molecule has 0 aliphatic carbocycles. The van der Waals surface area contributed by atoms with Crippen LogP contribution in [-0.4, -0.2) is 25.4 Å². The maximum absolute atomic E-state index is 10.9. The van der Waals surface area contributed by atoms with E-state index in [4.69, 9.17) is 0 Å². The molecule has 0 radical (unpaired) electrons. The van der Waals surface area contributed by atoms with Crippen molar-refractivity contribution in [3.8, 4) is 0 Å². The van der Waals surface area contributed by atoms with Crippen LogP contribution in [0.4, 0.5) is 0 Å². The second kappa shape index (κ2) is 2.54. The summed E-state index contributed by atoms with van der Waals surface area (Å²) in [7, 11) is 2.05. The fraction of sp³-hybridized carbons (Fsp3) is 0.625. The molecule has 0 fully saturated rings. The van der Waals surface area contributed by atoms with Crippen molar-refractivity contribution < 1.29 is 9.69 Å². The molecule has 2 unspecified atom stereocenters. The zero-order chi connectivity index (χ0) is 7.72. The lowest BCUT2D eigenvalue weighted by atomic mass is 10.0. The normalized spacial score (nSPS) is 33.9. The molecular weight excluding hydrogens is 126 g/mol. The van der Waals surface area contributed by atoms with E-state index < -0.39 is 0 Å². The third kappa shape index (κ3) is 1.27. The average molecular weight is 140 g/mol. The highest BCUT2D eigenvalue weighted by Gasteiger charge is 2.22. The van der Waals surface area contributed by atoms with Gasteiger partial charge in [0.25, 0.3) is 0 Å². The van der Waals surface area contributed by atoms with E-state index in [2.05, 4.69) is 14.0 Å². The molecule has 0 aromatic heterocycles. The third-order valence-electron chi connectivity index (χ3n) is 2.26. The molecule has 1 N–H and O–H groups in total. The number of likely N-dealkylation sites (N-methyl/N-ethyl adjacent to an activating group) is 1. The molecule has 0 spiro atoms. The molecule has 0 aromatic carbocycles. The van der Waals surface area contributed by atoms with Crippen LogP contribution in [0.5, 0.6) is 0 Å². The van der Waals surface area contributed by atoms with Crippen molar-refractivity contribution >= 4 is 5.78 Å². The summed E-state index contributed by atoms with van der Waals surface area (Å²) in [6, 6.07) is 0.512. The molecule has 1 aliphatic heterocycles. The van der Waals surface area contributed by atoms with Gasteiger partial charge in [-0.1, -0.05) is 0 Å². The van der Waals surface area contributed by atoms with Crippen LogP contribution < -0.4 is 4.90 Å².